The highest BCUT2D eigenvalue weighted by Gasteiger charge is 2.22. The molecule has 1 saturated carbocycles. The molecule has 2 aromatic rings. The Hall–Kier alpha value is -1.96. The van der Waals surface area contributed by atoms with Crippen LogP contribution in [0.2, 0.25) is 0 Å². The van der Waals surface area contributed by atoms with Gasteiger partial charge in [0.1, 0.15) is 11.7 Å². The molecule has 0 spiro atoms. The van der Waals surface area contributed by atoms with Crippen molar-refractivity contribution in [2.24, 2.45) is 5.73 Å². The molecule has 0 radical (unpaired) electrons. The van der Waals surface area contributed by atoms with E-state index in [1.54, 1.807) is 6.07 Å². The molecule has 0 saturated heterocycles. The molecule has 0 aliphatic heterocycles. The van der Waals surface area contributed by atoms with E-state index in [1.165, 1.54) is 36.7 Å². The Morgan fingerprint density at radius 1 is 1.38 bits per heavy atom. The second kappa shape index (κ2) is 5.80. The predicted octanol–water partition coefficient (Wildman–Crippen LogP) is 2.36. The molecule has 0 amide bonds. The van der Waals surface area contributed by atoms with Crippen LogP contribution in [-0.2, 0) is 0 Å². The number of nitrogens with zero attached hydrogens (tertiary/aromatic N) is 4. The Morgan fingerprint density at radius 3 is 2.86 bits per heavy atom. The molecule has 3 N–H and O–H groups in total. The Bertz CT molecular complexity index is 664. The fourth-order valence-electron chi connectivity index (χ4n) is 2.53. The molecular weight excluding hydrogens is 291 g/mol. The van der Waals surface area contributed by atoms with E-state index in [0.29, 0.717) is 21.7 Å². The van der Waals surface area contributed by atoms with Crippen molar-refractivity contribution in [3.8, 4) is 0 Å². The summed E-state index contributed by atoms with van der Waals surface area (Å²) in [5, 5.41) is 20.0. The molecule has 1 aliphatic carbocycles. The topological polar surface area (TPSA) is 93.5 Å². The van der Waals surface area contributed by atoms with Gasteiger partial charge in [-0.3, -0.25) is 5.41 Å². The maximum Gasteiger partial charge on any atom is 0.214 e. The van der Waals surface area contributed by atoms with Gasteiger partial charge in [-0.15, -0.1) is 5.10 Å². The normalized spacial score (nSPS) is 15.5. The van der Waals surface area contributed by atoms with Gasteiger partial charge < -0.3 is 5.73 Å². The van der Waals surface area contributed by atoms with Crippen molar-refractivity contribution in [2.45, 2.75) is 41.8 Å². The van der Waals surface area contributed by atoms with E-state index in [1.807, 2.05) is 4.68 Å². The highest BCUT2D eigenvalue weighted by atomic mass is 32.2. The summed E-state index contributed by atoms with van der Waals surface area (Å²) in [7, 11) is 0. The molecule has 3 rings (SSSR count). The highest BCUT2D eigenvalue weighted by Crippen LogP contribution is 2.34. The number of tetrazole rings is 1. The van der Waals surface area contributed by atoms with Crippen molar-refractivity contribution in [1.29, 1.82) is 5.41 Å². The molecule has 1 aromatic carbocycles. The van der Waals surface area contributed by atoms with Crippen LogP contribution in [0.5, 0.6) is 0 Å². The van der Waals surface area contributed by atoms with Crippen molar-refractivity contribution < 1.29 is 4.39 Å². The van der Waals surface area contributed by atoms with Crippen molar-refractivity contribution in [3.63, 3.8) is 0 Å². The van der Waals surface area contributed by atoms with Gasteiger partial charge in [0.2, 0.25) is 5.16 Å². The zero-order chi connectivity index (χ0) is 14.8. The number of aromatic nitrogens is 4. The summed E-state index contributed by atoms with van der Waals surface area (Å²) < 4.78 is 15.1. The number of nitrogens with one attached hydrogen (secondary N) is 1. The second-order valence-corrected chi connectivity index (χ2v) is 6.01. The van der Waals surface area contributed by atoms with Gasteiger partial charge in [0.25, 0.3) is 0 Å². The van der Waals surface area contributed by atoms with Gasteiger partial charge in [-0.05, 0) is 53.2 Å². The Kier molecular flexibility index (Phi) is 3.87. The van der Waals surface area contributed by atoms with Crippen LogP contribution < -0.4 is 5.73 Å². The molecule has 0 atom stereocenters. The van der Waals surface area contributed by atoms with Gasteiger partial charge in [-0.2, -0.15) is 0 Å². The predicted molar refractivity (Wildman–Crippen MR) is 76.9 cm³/mol. The fourth-order valence-corrected chi connectivity index (χ4v) is 3.50. The zero-order valence-corrected chi connectivity index (χ0v) is 12.1. The van der Waals surface area contributed by atoms with E-state index in [2.05, 4.69) is 15.5 Å². The number of hydrogen-bond donors (Lipinski definition) is 2. The molecule has 0 bridgehead atoms. The van der Waals surface area contributed by atoms with E-state index in [-0.39, 0.29) is 5.84 Å². The van der Waals surface area contributed by atoms with Crippen LogP contribution >= 0.6 is 11.8 Å². The minimum absolute atomic E-state index is 0.170. The van der Waals surface area contributed by atoms with E-state index in [4.69, 9.17) is 11.1 Å². The molecule has 1 aliphatic rings. The fraction of sp³-hybridized carbons (Fsp3) is 0.385. The average Bonchev–Trinajstić information content (AvgIpc) is 3.11. The number of nitrogen functional groups attached to an aromatic ring is 1. The first-order valence-electron chi connectivity index (χ1n) is 6.75. The Balaban J connectivity index is 1.91. The van der Waals surface area contributed by atoms with Gasteiger partial charge in [0.05, 0.1) is 6.04 Å². The number of nitrogens with two attached hydrogens (primary N) is 1. The van der Waals surface area contributed by atoms with E-state index in [0.717, 1.165) is 12.8 Å². The summed E-state index contributed by atoms with van der Waals surface area (Å²) in [4.78, 5) is 0.679. The third-order valence-electron chi connectivity index (χ3n) is 3.57. The summed E-state index contributed by atoms with van der Waals surface area (Å²) in [5.74, 6) is -0.586. The number of rotatable bonds is 4. The molecule has 21 heavy (non-hydrogen) atoms. The van der Waals surface area contributed by atoms with Crippen molar-refractivity contribution in [2.75, 3.05) is 0 Å². The lowest BCUT2D eigenvalue weighted by atomic mass is 10.2. The summed E-state index contributed by atoms with van der Waals surface area (Å²) >= 11 is 1.31. The van der Waals surface area contributed by atoms with Crippen LogP contribution in [0.4, 0.5) is 4.39 Å². The van der Waals surface area contributed by atoms with Gasteiger partial charge in [-0.1, -0.05) is 12.8 Å². The minimum atomic E-state index is -0.417. The van der Waals surface area contributed by atoms with Gasteiger partial charge in [0.15, 0.2) is 0 Å². The average molecular weight is 306 g/mol. The Labute approximate surface area is 125 Å². The molecule has 6 nitrogen and oxygen atoms in total. The molecule has 1 fully saturated rings. The first kappa shape index (κ1) is 14.0. The summed E-state index contributed by atoms with van der Waals surface area (Å²) in [6.45, 7) is 0. The lowest BCUT2D eigenvalue weighted by Gasteiger charge is -2.12. The van der Waals surface area contributed by atoms with Crippen molar-refractivity contribution in [3.05, 3.63) is 29.6 Å². The number of halogens is 1. The van der Waals surface area contributed by atoms with Gasteiger partial charge >= 0.3 is 0 Å². The number of hydrogen-bond acceptors (Lipinski definition) is 5. The molecular formula is C13H15FN6S. The molecule has 1 heterocycles. The van der Waals surface area contributed by atoms with Crippen molar-refractivity contribution in [1.82, 2.24) is 20.2 Å². The zero-order valence-electron chi connectivity index (χ0n) is 11.3. The summed E-state index contributed by atoms with van der Waals surface area (Å²) in [6.07, 6.45) is 4.51. The number of amidine groups is 1. The molecule has 1 aromatic heterocycles. The summed E-state index contributed by atoms with van der Waals surface area (Å²) in [6, 6.07) is 4.53. The smallest absolute Gasteiger partial charge is 0.214 e. The van der Waals surface area contributed by atoms with E-state index >= 15 is 0 Å². The van der Waals surface area contributed by atoms with Crippen LogP contribution in [0.25, 0.3) is 0 Å². The minimum Gasteiger partial charge on any atom is -0.384 e. The highest BCUT2D eigenvalue weighted by molar-refractivity contribution is 7.99. The van der Waals surface area contributed by atoms with Crippen LogP contribution in [0.1, 0.15) is 37.3 Å². The quantitative estimate of drug-likeness (QED) is 0.668. The SMILES string of the molecule is N=C(N)c1cc(F)ccc1Sc1nnnn1C1CCCC1. The van der Waals surface area contributed by atoms with Crippen molar-refractivity contribution >= 4 is 17.6 Å². The maximum absolute atomic E-state index is 13.3. The molecule has 8 heteroatoms. The number of benzene rings is 1. The lowest BCUT2D eigenvalue weighted by molar-refractivity contribution is 0.423. The third kappa shape index (κ3) is 2.90. The first-order valence-corrected chi connectivity index (χ1v) is 7.56. The van der Waals surface area contributed by atoms with E-state index < -0.39 is 5.82 Å². The first-order chi connectivity index (χ1) is 10.1. The van der Waals surface area contributed by atoms with Crippen LogP contribution in [0.3, 0.4) is 0 Å². The lowest BCUT2D eigenvalue weighted by Crippen LogP contribution is -2.13. The second-order valence-electron chi connectivity index (χ2n) is 5.00. The summed E-state index contributed by atoms with van der Waals surface area (Å²) in [5.41, 5.74) is 5.88. The monoisotopic (exact) mass is 306 g/mol. The van der Waals surface area contributed by atoms with Crippen LogP contribution in [0, 0.1) is 11.2 Å². The van der Waals surface area contributed by atoms with Crippen LogP contribution in [-0.4, -0.2) is 26.0 Å². The molecule has 110 valence electrons. The van der Waals surface area contributed by atoms with Gasteiger partial charge in [-0.25, -0.2) is 9.07 Å². The van der Waals surface area contributed by atoms with Gasteiger partial charge in [0, 0.05) is 10.5 Å². The standard InChI is InChI=1S/C13H15FN6S/c14-8-5-6-11(10(7-8)12(15)16)21-13-17-18-19-20(13)9-3-1-2-4-9/h5-7,9H,1-4H2,(H3,15,16). The van der Waals surface area contributed by atoms with E-state index in [9.17, 15) is 4.39 Å². The van der Waals surface area contributed by atoms with Crippen LogP contribution in [0.15, 0.2) is 28.3 Å². The maximum atomic E-state index is 13.3. The molecule has 0 unspecified atom stereocenters. The third-order valence-corrected chi connectivity index (χ3v) is 4.59. The largest absolute Gasteiger partial charge is 0.384 e. The Morgan fingerprint density at radius 2 is 2.14 bits per heavy atom.